The van der Waals surface area contributed by atoms with Crippen molar-refractivity contribution in [2.24, 2.45) is 0 Å². The summed E-state index contributed by atoms with van der Waals surface area (Å²) in [5.41, 5.74) is 6.65. The van der Waals surface area contributed by atoms with Crippen molar-refractivity contribution in [3.05, 3.63) is 69.2 Å². The van der Waals surface area contributed by atoms with Crippen molar-refractivity contribution in [2.45, 2.75) is 52.2 Å². The maximum Gasteiger partial charge on any atom is 0.255 e. The van der Waals surface area contributed by atoms with Gasteiger partial charge >= 0.3 is 0 Å². The fourth-order valence-electron chi connectivity index (χ4n) is 4.40. The molecule has 6 nitrogen and oxygen atoms in total. The third-order valence-electron chi connectivity index (χ3n) is 5.98. The van der Waals surface area contributed by atoms with Gasteiger partial charge in [-0.25, -0.2) is 4.98 Å². The van der Waals surface area contributed by atoms with Crippen LogP contribution in [0.4, 0.5) is 0 Å². The van der Waals surface area contributed by atoms with E-state index in [2.05, 4.69) is 39.3 Å². The predicted octanol–water partition coefficient (Wildman–Crippen LogP) is 3.14. The molecule has 0 unspecified atom stereocenters. The molecule has 1 saturated carbocycles. The normalized spacial score (nSPS) is 16.9. The van der Waals surface area contributed by atoms with Crippen molar-refractivity contribution in [3.8, 4) is 11.4 Å². The average molecular weight is 375 g/mol. The zero-order valence-electron chi connectivity index (χ0n) is 16.4. The van der Waals surface area contributed by atoms with Gasteiger partial charge in [-0.15, -0.1) is 0 Å². The number of H-pyrrole nitrogens is 1. The lowest BCUT2D eigenvalue weighted by Crippen LogP contribution is -2.35. The van der Waals surface area contributed by atoms with Crippen LogP contribution in [-0.2, 0) is 19.5 Å². The Kier molecular flexibility index (Phi) is 4.16. The molecule has 3 aromatic heterocycles. The molecule has 4 heterocycles. The Morgan fingerprint density at radius 3 is 2.89 bits per heavy atom. The highest BCUT2D eigenvalue weighted by Crippen LogP contribution is 2.38. The molecule has 0 radical (unpaired) electrons. The number of aromatic amines is 1. The molecular weight excluding hydrogens is 350 g/mol. The number of rotatable bonds is 4. The molecule has 0 atom stereocenters. The topological polar surface area (TPSA) is 66.8 Å². The Hall–Kier alpha value is -2.73. The molecule has 0 amide bonds. The Labute approximate surface area is 164 Å². The second-order valence-electron chi connectivity index (χ2n) is 8.04. The molecule has 5 rings (SSSR count). The van der Waals surface area contributed by atoms with Gasteiger partial charge in [0.25, 0.3) is 5.56 Å². The smallest absolute Gasteiger partial charge is 0.255 e. The number of hydrogen-bond acceptors (Lipinski definition) is 4. The minimum Gasteiger partial charge on any atom is -0.346 e. The zero-order chi connectivity index (χ0) is 19.3. The number of hydrogen-bond donors (Lipinski definition) is 1. The monoisotopic (exact) mass is 375 g/mol. The second kappa shape index (κ2) is 6.71. The fraction of sp³-hybridized carbons (Fsp3) is 0.409. The van der Waals surface area contributed by atoms with E-state index in [9.17, 15) is 4.79 Å². The van der Waals surface area contributed by atoms with Gasteiger partial charge in [0.2, 0.25) is 0 Å². The Morgan fingerprint density at radius 2 is 2.14 bits per heavy atom. The Bertz CT molecular complexity index is 1080. The molecule has 6 heteroatoms. The van der Waals surface area contributed by atoms with E-state index in [1.165, 1.54) is 29.8 Å². The number of pyridine rings is 1. The highest BCUT2D eigenvalue weighted by Gasteiger charge is 2.28. The molecule has 1 fully saturated rings. The minimum atomic E-state index is -0.0305. The first-order valence-corrected chi connectivity index (χ1v) is 10.0. The van der Waals surface area contributed by atoms with Crippen LogP contribution in [0, 0.1) is 13.8 Å². The molecule has 144 valence electrons. The van der Waals surface area contributed by atoms with E-state index >= 15 is 0 Å². The van der Waals surface area contributed by atoms with Crippen LogP contribution in [0.25, 0.3) is 11.4 Å². The van der Waals surface area contributed by atoms with Crippen LogP contribution in [0.1, 0.15) is 47.1 Å². The summed E-state index contributed by atoms with van der Waals surface area (Å²) in [5.74, 6) is 0.610. The number of aryl methyl sites for hydroxylation is 1. The highest BCUT2D eigenvalue weighted by molar-refractivity contribution is 5.53. The van der Waals surface area contributed by atoms with E-state index in [1.54, 1.807) is 12.4 Å². The summed E-state index contributed by atoms with van der Waals surface area (Å²) >= 11 is 0. The van der Waals surface area contributed by atoms with E-state index in [0.717, 1.165) is 36.3 Å². The van der Waals surface area contributed by atoms with E-state index in [-0.39, 0.29) is 5.56 Å². The van der Waals surface area contributed by atoms with Crippen molar-refractivity contribution in [2.75, 3.05) is 6.54 Å². The van der Waals surface area contributed by atoms with Crippen molar-refractivity contribution in [1.82, 2.24) is 24.4 Å². The molecule has 0 saturated heterocycles. The van der Waals surface area contributed by atoms with Crippen molar-refractivity contribution in [1.29, 1.82) is 0 Å². The lowest BCUT2D eigenvalue weighted by atomic mass is 10.1. The first-order valence-electron chi connectivity index (χ1n) is 10.0. The fourth-order valence-corrected chi connectivity index (χ4v) is 4.40. The predicted molar refractivity (Wildman–Crippen MR) is 108 cm³/mol. The summed E-state index contributed by atoms with van der Waals surface area (Å²) in [4.78, 5) is 26.9. The number of nitrogens with one attached hydrogen (secondary N) is 1. The average Bonchev–Trinajstić information content (AvgIpc) is 3.49. The quantitative estimate of drug-likeness (QED) is 0.761. The summed E-state index contributed by atoms with van der Waals surface area (Å²) < 4.78 is 2.49. The summed E-state index contributed by atoms with van der Waals surface area (Å²) in [5, 5.41) is 0. The zero-order valence-corrected chi connectivity index (χ0v) is 16.4. The highest BCUT2D eigenvalue weighted by atomic mass is 16.1. The van der Waals surface area contributed by atoms with Crippen LogP contribution >= 0.6 is 0 Å². The molecule has 28 heavy (non-hydrogen) atoms. The number of nitrogens with zero attached hydrogens (tertiary/aromatic N) is 4. The molecule has 2 aliphatic rings. The van der Waals surface area contributed by atoms with Gasteiger partial charge in [-0.3, -0.25) is 14.7 Å². The van der Waals surface area contributed by atoms with E-state index < -0.39 is 0 Å². The molecule has 1 aliphatic heterocycles. The van der Waals surface area contributed by atoms with Gasteiger partial charge in [-0.1, -0.05) is 0 Å². The second-order valence-corrected chi connectivity index (χ2v) is 8.04. The van der Waals surface area contributed by atoms with Crippen LogP contribution < -0.4 is 5.56 Å². The van der Waals surface area contributed by atoms with Gasteiger partial charge in [0.05, 0.1) is 11.3 Å². The van der Waals surface area contributed by atoms with Gasteiger partial charge in [0.15, 0.2) is 0 Å². The van der Waals surface area contributed by atoms with Crippen LogP contribution in [0.5, 0.6) is 0 Å². The van der Waals surface area contributed by atoms with Gasteiger partial charge < -0.3 is 9.55 Å². The Balaban J connectivity index is 1.39. The molecular formula is C22H25N5O. The van der Waals surface area contributed by atoms with Crippen molar-refractivity contribution >= 4 is 0 Å². The molecule has 1 aliphatic carbocycles. The molecule has 0 spiro atoms. The van der Waals surface area contributed by atoms with Gasteiger partial charge in [0, 0.05) is 61.4 Å². The summed E-state index contributed by atoms with van der Waals surface area (Å²) in [6.45, 7) is 6.89. The number of fused-ring (bicyclic) bond motifs is 1. The summed E-state index contributed by atoms with van der Waals surface area (Å²) in [6, 6.07) is 6.79. The molecule has 3 aromatic rings. The van der Waals surface area contributed by atoms with Crippen LogP contribution in [-0.4, -0.2) is 31.0 Å². The molecule has 0 aromatic carbocycles. The first-order chi connectivity index (χ1) is 13.6. The van der Waals surface area contributed by atoms with Crippen molar-refractivity contribution in [3.63, 3.8) is 0 Å². The van der Waals surface area contributed by atoms with Gasteiger partial charge in [0.1, 0.15) is 5.82 Å². The van der Waals surface area contributed by atoms with E-state index in [4.69, 9.17) is 4.98 Å². The first kappa shape index (κ1) is 17.4. The third-order valence-corrected chi connectivity index (χ3v) is 5.98. The number of aromatic nitrogens is 4. The lowest BCUT2D eigenvalue weighted by molar-refractivity contribution is 0.241. The standard InChI is InChI=1S/C22H25N5O/c1-14-10-17(15(2)27(14)18-5-6-18)12-26-9-7-20-19(13-26)22(28)25-21(24-20)16-4-3-8-23-11-16/h3-4,8,10-11,18H,5-7,9,12-13H2,1-2H3,(H,24,25,28). The van der Waals surface area contributed by atoms with Crippen LogP contribution in [0.15, 0.2) is 35.4 Å². The molecule has 1 N–H and O–H groups in total. The van der Waals surface area contributed by atoms with Gasteiger partial charge in [-0.2, -0.15) is 0 Å². The third kappa shape index (κ3) is 3.07. The largest absolute Gasteiger partial charge is 0.346 e. The minimum absolute atomic E-state index is 0.0305. The SMILES string of the molecule is Cc1cc(CN2CCc3nc(-c4cccnc4)[nH]c(=O)c3C2)c(C)n1C1CC1. The van der Waals surface area contributed by atoms with E-state index in [1.807, 2.05) is 12.1 Å². The lowest BCUT2D eigenvalue weighted by Gasteiger charge is -2.27. The molecule has 0 bridgehead atoms. The summed E-state index contributed by atoms with van der Waals surface area (Å²) in [7, 11) is 0. The maximum absolute atomic E-state index is 12.7. The van der Waals surface area contributed by atoms with E-state index in [0.29, 0.717) is 18.4 Å². The van der Waals surface area contributed by atoms with Crippen LogP contribution in [0.3, 0.4) is 0 Å². The maximum atomic E-state index is 12.7. The van der Waals surface area contributed by atoms with Crippen LogP contribution in [0.2, 0.25) is 0 Å². The van der Waals surface area contributed by atoms with Crippen molar-refractivity contribution < 1.29 is 0 Å². The van der Waals surface area contributed by atoms with Gasteiger partial charge in [-0.05, 0) is 50.5 Å². The Morgan fingerprint density at radius 1 is 1.29 bits per heavy atom. The summed E-state index contributed by atoms with van der Waals surface area (Å²) in [6.07, 6.45) is 6.85.